The predicted molar refractivity (Wildman–Crippen MR) is 80.4 cm³/mol. The molecule has 0 saturated heterocycles. The maximum Gasteiger partial charge on any atom is 0.257 e. The molecule has 0 atom stereocenters. The Kier molecular flexibility index (Phi) is 3.84. The molecule has 0 radical (unpaired) electrons. The summed E-state index contributed by atoms with van der Waals surface area (Å²) in [5, 5.41) is 12.2. The van der Waals surface area contributed by atoms with Gasteiger partial charge in [0.05, 0.1) is 5.56 Å². The van der Waals surface area contributed by atoms with Crippen LogP contribution in [-0.2, 0) is 0 Å². The molecule has 0 unspecified atom stereocenters. The van der Waals surface area contributed by atoms with E-state index in [1.54, 1.807) is 18.2 Å². The molecule has 4 heteroatoms. The van der Waals surface area contributed by atoms with Gasteiger partial charge in [-0.1, -0.05) is 6.07 Å². The molecule has 0 bridgehead atoms. The van der Waals surface area contributed by atoms with E-state index in [4.69, 9.17) is 0 Å². The van der Waals surface area contributed by atoms with E-state index >= 15 is 0 Å². The van der Waals surface area contributed by atoms with Crippen molar-refractivity contribution in [2.45, 2.75) is 33.7 Å². The highest BCUT2D eigenvalue weighted by atomic mass is 16.3. The molecular formula is C16H20N2O2. The van der Waals surface area contributed by atoms with Crippen LogP contribution in [0.4, 0.5) is 5.69 Å². The van der Waals surface area contributed by atoms with E-state index in [1.807, 2.05) is 19.9 Å². The van der Waals surface area contributed by atoms with Crippen LogP contribution >= 0.6 is 0 Å². The molecule has 0 aliphatic carbocycles. The Balaban J connectivity index is 2.28. The second-order valence-electron chi connectivity index (χ2n) is 5.25. The van der Waals surface area contributed by atoms with E-state index in [0.29, 0.717) is 17.3 Å². The van der Waals surface area contributed by atoms with Crippen LogP contribution in [0, 0.1) is 13.8 Å². The third-order valence-corrected chi connectivity index (χ3v) is 3.35. The van der Waals surface area contributed by atoms with Gasteiger partial charge in [-0.25, -0.2) is 0 Å². The summed E-state index contributed by atoms with van der Waals surface area (Å²) in [6.45, 7) is 8.14. The zero-order valence-corrected chi connectivity index (χ0v) is 12.3. The number of rotatable bonds is 3. The second kappa shape index (κ2) is 5.41. The lowest BCUT2D eigenvalue weighted by Gasteiger charge is -2.13. The van der Waals surface area contributed by atoms with Gasteiger partial charge in [0, 0.05) is 29.2 Å². The van der Waals surface area contributed by atoms with Gasteiger partial charge in [0.2, 0.25) is 0 Å². The van der Waals surface area contributed by atoms with Gasteiger partial charge in [-0.3, -0.25) is 4.79 Å². The summed E-state index contributed by atoms with van der Waals surface area (Å²) in [4.78, 5) is 12.3. The maximum absolute atomic E-state index is 12.3. The molecule has 0 aliphatic heterocycles. The number of carbonyl (C=O) groups excluding carboxylic acids is 1. The van der Waals surface area contributed by atoms with Crippen LogP contribution in [0.5, 0.6) is 5.75 Å². The molecule has 0 fully saturated rings. The topological polar surface area (TPSA) is 54.3 Å². The van der Waals surface area contributed by atoms with Crippen molar-refractivity contribution in [3.8, 4) is 5.75 Å². The van der Waals surface area contributed by atoms with Crippen LogP contribution in [-0.4, -0.2) is 15.6 Å². The van der Waals surface area contributed by atoms with Crippen molar-refractivity contribution in [3.05, 3.63) is 47.3 Å². The van der Waals surface area contributed by atoms with Gasteiger partial charge in [-0.2, -0.15) is 0 Å². The SMILES string of the molecule is Cc1cc(C(=O)Nc2cccc(O)c2)c(C)n1C(C)C. The highest BCUT2D eigenvalue weighted by molar-refractivity contribution is 6.05. The van der Waals surface area contributed by atoms with Crippen LogP contribution in [0.3, 0.4) is 0 Å². The molecule has 1 amide bonds. The van der Waals surface area contributed by atoms with E-state index in [9.17, 15) is 9.90 Å². The molecule has 0 spiro atoms. The van der Waals surface area contributed by atoms with Gasteiger partial charge in [-0.05, 0) is 45.9 Å². The van der Waals surface area contributed by atoms with Crippen LogP contribution in [0.25, 0.3) is 0 Å². The Morgan fingerprint density at radius 3 is 2.50 bits per heavy atom. The van der Waals surface area contributed by atoms with Crippen LogP contribution in [0.15, 0.2) is 30.3 Å². The van der Waals surface area contributed by atoms with Crippen molar-refractivity contribution in [3.63, 3.8) is 0 Å². The number of nitrogens with zero attached hydrogens (tertiary/aromatic N) is 1. The molecule has 106 valence electrons. The van der Waals surface area contributed by atoms with E-state index in [2.05, 4.69) is 23.7 Å². The lowest BCUT2D eigenvalue weighted by atomic mass is 10.2. The lowest BCUT2D eigenvalue weighted by Crippen LogP contribution is -2.13. The van der Waals surface area contributed by atoms with Crippen LogP contribution in [0.1, 0.15) is 41.6 Å². The summed E-state index contributed by atoms with van der Waals surface area (Å²) in [6.07, 6.45) is 0. The number of hydrogen-bond donors (Lipinski definition) is 2. The summed E-state index contributed by atoms with van der Waals surface area (Å²) in [5.41, 5.74) is 3.28. The zero-order valence-electron chi connectivity index (χ0n) is 12.3. The van der Waals surface area contributed by atoms with Crippen molar-refractivity contribution in [1.29, 1.82) is 0 Å². The number of hydrogen-bond acceptors (Lipinski definition) is 2. The molecule has 0 saturated carbocycles. The largest absolute Gasteiger partial charge is 0.508 e. The minimum Gasteiger partial charge on any atom is -0.508 e. The number of amides is 1. The fraction of sp³-hybridized carbons (Fsp3) is 0.312. The second-order valence-corrected chi connectivity index (χ2v) is 5.25. The smallest absolute Gasteiger partial charge is 0.257 e. The molecule has 4 nitrogen and oxygen atoms in total. The molecule has 20 heavy (non-hydrogen) atoms. The summed E-state index contributed by atoms with van der Waals surface area (Å²) in [6, 6.07) is 8.76. The minimum absolute atomic E-state index is 0.135. The fourth-order valence-electron chi connectivity index (χ4n) is 2.58. The van der Waals surface area contributed by atoms with Crippen LogP contribution in [0.2, 0.25) is 0 Å². The van der Waals surface area contributed by atoms with E-state index in [1.165, 1.54) is 6.07 Å². The molecule has 2 rings (SSSR count). The Hall–Kier alpha value is -2.23. The molecule has 1 aromatic heterocycles. The summed E-state index contributed by atoms with van der Waals surface area (Å²) in [7, 11) is 0. The van der Waals surface area contributed by atoms with Gasteiger partial charge in [0.15, 0.2) is 0 Å². The van der Waals surface area contributed by atoms with Crippen molar-refractivity contribution in [1.82, 2.24) is 4.57 Å². The number of phenols is 1. The number of aromatic nitrogens is 1. The molecule has 1 aromatic carbocycles. The average molecular weight is 272 g/mol. The number of phenolic OH excluding ortho intramolecular Hbond substituents is 1. The van der Waals surface area contributed by atoms with E-state index < -0.39 is 0 Å². The predicted octanol–water partition coefficient (Wildman–Crippen LogP) is 3.64. The Morgan fingerprint density at radius 2 is 1.95 bits per heavy atom. The molecule has 2 aromatic rings. The highest BCUT2D eigenvalue weighted by Crippen LogP contribution is 2.22. The van der Waals surface area contributed by atoms with Crippen molar-refractivity contribution in [2.75, 3.05) is 5.32 Å². The van der Waals surface area contributed by atoms with Gasteiger partial charge in [-0.15, -0.1) is 0 Å². The molecular weight excluding hydrogens is 252 g/mol. The van der Waals surface area contributed by atoms with Gasteiger partial charge >= 0.3 is 0 Å². The quantitative estimate of drug-likeness (QED) is 0.896. The summed E-state index contributed by atoms with van der Waals surface area (Å²) >= 11 is 0. The Bertz CT molecular complexity index is 642. The summed E-state index contributed by atoms with van der Waals surface area (Å²) < 4.78 is 2.14. The van der Waals surface area contributed by atoms with E-state index in [-0.39, 0.29) is 11.7 Å². The lowest BCUT2D eigenvalue weighted by molar-refractivity contribution is 0.102. The van der Waals surface area contributed by atoms with Crippen LogP contribution < -0.4 is 5.32 Å². The number of benzene rings is 1. The molecule has 1 heterocycles. The number of carbonyl (C=O) groups is 1. The number of anilines is 1. The fourth-order valence-corrected chi connectivity index (χ4v) is 2.58. The Labute approximate surface area is 119 Å². The van der Waals surface area contributed by atoms with Gasteiger partial charge in [0.1, 0.15) is 5.75 Å². The first-order chi connectivity index (χ1) is 9.40. The first kappa shape index (κ1) is 14.2. The van der Waals surface area contributed by atoms with Gasteiger partial charge in [0.25, 0.3) is 5.91 Å². The number of aromatic hydroxyl groups is 1. The third-order valence-electron chi connectivity index (χ3n) is 3.35. The van der Waals surface area contributed by atoms with E-state index in [0.717, 1.165) is 11.4 Å². The average Bonchev–Trinajstić information content (AvgIpc) is 2.64. The standard InChI is InChI=1S/C16H20N2O2/c1-10(2)18-11(3)8-15(12(18)4)16(20)17-13-6-5-7-14(19)9-13/h5-10,19H,1-4H3,(H,17,20). The normalized spacial score (nSPS) is 10.8. The van der Waals surface area contributed by atoms with Crippen molar-refractivity contribution in [2.24, 2.45) is 0 Å². The number of nitrogens with one attached hydrogen (secondary N) is 1. The minimum atomic E-state index is -0.157. The van der Waals surface area contributed by atoms with Crippen molar-refractivity contribution >= 4 is 11.6 Å². The third kappa shape index (κ3) is 2.69. The molecule has 0 aliphatic rings. The number of aryl methyl sites for hydroxylation is 1. The molecule has 2 N–H and O–H groups in total. The van der Waals surface area contributed by atoms with Gasteiger partial charge < -0.3 is 15.0 Å². The van der Waals surface area contributed by atoms with Crippen molar-refractivity contribution < 1.29 is 9.90 Å². The first-order valence-corrected chi connectivity index (χ1v) is 6.69. The zero-order chi connectivity index (χ0) is 14.9. The monoisotopic (exact) mass is 272 g/mol. The highest BCUT2D eigenvalue weighted by Gasteiger charge is 2.17. The Morgan fingerprint density at radius 1 is 1.25 bits per heavy atom. The maximum atomic E-state index is 12.3. The summed E-state index contributed by atoms with van der Waals surface area (Å²) in [5.74, 6) is -0.0222. The first-order valence-electron chi connectivity index (χ1n) is 6.69.